The van der Waals surface area contributed by atoms with E-state index in [2.05, 4.69) is 46.6 Å². The molecule has 3 aromatic rings. The van der Waals surface area contributed by atoms with Crippen molar-refractivity contribution in [3.05, 3.63) is 95.1 Å². The van der Waals surface area contributed by atoms with Gasteiger partial charge in [-0.15, -0.1) is 0 Å². The third-order valence-electron chi connectivity index (χ3n) is 9.53. The van der Waals surface area contributed by atoms with Gasteiger partial charge in [-0.1, -0.05) is 79.6 Å². The van der Waals surface area contributed by atoms with Gasteiger partial charge < -0.3 is 24.6 Å². The van der Waals surface area contributed by atoms with Crippen LogP contribution in [-0.4, -0.2) is 66.0 Å². The minimum Gasteiger partial charge on any atom is -0.392 e. The lowest BCUT2D eigenvalue weighted by atomic mass is 9.98. The molecule has 2 heterocycles. The molecule has 5 rings (SSSR count). The van der Waals surface area contributed by atoms with Crippen molar-refractivity contribution in [1.29, 1.82) is 0 Å². The van der Waals surface area contributed by atoms with Gasteiger partial charge in [0.2, 0.25) is 11.8 Å². The van der Waals surface area contributed by atoms with Crippen molar-refractivity contribution < 1.29 is 34.1 Å². The van der Waals surface area contributed by atoms with Crippen LogP contribution in [0.3, 0.4) is 0 Å². The number of rotatable bonds is 17. The predicted molar refractivity (Wildman–Crippen MR) is 186 cm³/mol. The Morgan fingerprint density at radius 2 is 1.61 bits per heavy atom. The van der Waals surface area contributed by atoms with E-state index in [-0.39, 0.29) is 30.6 Å². The summed E-state index contributed by atoms with van der Waals surface area (Å²) in [7, 11) is 1.76. The predicted octanol–water partition coefficient (Wildman–Crippen LogP) is 5.96. The van der Waals surface area contributed by atoms with Crippen molar-refractivity contribution in [2.45, 2.75) is 95.5 Å². The van der Waals surface area contributed by atoms with Gasteiger partial charge in [0.15, 0.2) is 6.29 Å². The van der Waals surface area contributed by atoms with Crippen LogP contribution in [0.15, 0.2) is 72.8 Å². The Bertz CT molecular complexity index is 1470. The van der Waals surface area contributed by atoms with Crippen molar-refractivity contribution >= 4 is 11.8 Å². The number of nitrogens with one attached hydrogen (secondary N) is 2. The number of methoxy groups -OCH3 is 1. The molecule has 2 fully saturated rings. The van der Waals surface area contributed by atoms with E-state index in [0.717, 1.165) is 91.6 Å². The Morgan fingerprint density at radius 1 is 0.878 bits per heavy atom. The van der Waals surface area contributed by atoms with Crippen LogP contribution in [0.25, 0.3) is 11.1 Å². The van der Waals surface area contributed by atoms with Gasteiger partial charge in [-0.2, -0.15) is 0 Å². The normalized spacial score (nSPS) is 21.0. The number of benzene rings is 3. The summed E-state index contributed by atoms with van der Waals surface area (Å²) in [6, 6.07) is 24.9. The average molecular weight is 674 g/mol. The molecule has 0 saturated carbocycles. The van der Waals surface area contributed by atoms with Crippen LogP contribution in [0.5, 0.6) is 0 Å². The molecule has 0 bridgehead atoms. The van der Waals surface area contributed by atoms with Crippen LogP contribution in [-0.2, 0) is 37.0 Å². The first-order chi connectivity index (χ1) is 23.9. The van der Waals surface area contributed by atoms with Crippen LogP contribution < -0.4 is 10.8 Å². The fraction of sp³-hybridized carbons (Fsp3) is 0.487. The molecule has 0 aromatic heterocycles. The van der Waals surface area contributed by atoms with E-state index < -0.39 is 6.29 Å². The lowest BCUT2D eigenvalue weighted by molar-refractivity contribution is -0.253. The average Bonchev–Trinajstić information content (AvgIpc) is 3.58. The van der Waals surface area contributed by atoms with Crippen LogP contribution in [0, 0.1) is 0 Å². The maximum atomic E-state index is 12.4. The number of amides is 2. The largest absolute Gasteiger partial charge is 0.392 e. The maximum absolute atomic E-state index is 12.4. The van der Waals surface area contributed by atoms with Crippen LogP contribution >= 0.6 is 0 Å². The van der Waals surface area contributed by atoms with Gasteiger partial charge in [0.25, 0.3) is 0 Å². The highest BCUT2D eigenvalue weighted by Gasteiger charge is 2.35. The first-order valence-corrected chi connectivity index (χ1v) is 17.6. The quantitative estimate of drug-likeness (QED) is 0.0785. The standard InChI is InChI=1S/C39H51N3O7/c1-47-27-34-10-7-21-42(34)25-35-23-36(31-15-13-28(26-43)14-16-31)49-39(48-35)32-19-17-30(18-20-32)33-9-6-8-29(22-33)24-40-37(44)11-4-2-3-5-12-38(45)41-46/h6,8-9,13-20,22,34-36,39,43,46H,2-5,7,10-12,21,23-27H2,1H3,(H,40,44)(H,41,45)/t34-,35-,36+,39+/m0/s1. The number of aliphatic hydroxyl groups excluding tert-OH is 1. The highest BCUT2D eigenvalue weighted by molar-refractivity contribution is 5.76. The van der Waals surface area contributed by atoms with Crippen molar-refractivity contribution in [1.82, 2.24) is 15.7 Å². The van der Waals surface area contributed by atoms with Gasteiger partial charge in [-0.3, -0.25) is 19.7 Å². The molecule has 49 heavy (non-hydrogen) atoms. The molecule has 264 valence electrons. The van der Waals surface area contributed by atoms with Gasteiger partial charge in [-0.05, 0) is 66.1 Å². The Kier molecular flexibility index (Phi) is 14.2. The third-order valence-corrected chi connectivity index (χ3v) is 9.53. The third kappa shape index (κ3) is 10.9. The molecule has 0 spiro atoms. The Morgan fingerprint density at radius 3 is 2.33 bits per heavy atom. The SMILES string of the molecule is COC[C@@H]1CCCN1C[C@@H]1C[C@H](c2ccc(CO)cc2)O[C@H](c2ccc(-c3cccc(CNC(=O)CCCCCCC(=O)NO)c3)cc2)O1. The number of carbonyl (C=O) groups excluding carboxylic acids is 2. The molecule has 0 unspecified atom stereocenters. The van der Waals surface area contributed by atoms with Gasteiger partial charge in [-0.25, -0.2) is 5.48 Å². The van der Waals surface area contributed by atoms with Crippen molar-refractivity contribution in [3.63, 3.8) is 0 Å². The summed E-state index contributed by atoms with van der Waals surface area (Å²) in [6.07, 6.45) is 6.29. The van der Waals surface area contributed by atoms with Gasteiger partial charge in [0.1, 0.15) is 0 Å². The summed E-state index contributed by atoms with van der Waals surface area (Å²) in [4.78, 5) is 26.0. The number of likely N-dealkylation sites (tertiary alicyclic amines) is 1. The molecule has 2 aliphatic rings. The second-order valence-electron chi connectivity index (χ2n) is 13.1. The topological polar surface area (TPSA) is 130 Å². The molecule has 2 saturated heterocycles. The summed E-state index contributed by atoms with van der Waals surface area (Å²) in [5, 5.41) is 21.1. The number of unbranched alkanes of at least 4 members (excludes halogenated alkanes) is 3. The number of aliphatic hydroxyl groups is 1. The second kappa shape index (κ2) is 18.9. The fourth-order valence-corrected chi connectivity index (χ4v) is 6.77. The molecule has 4 atom stereocenters. The van der Waals surface area contributed by atoms with Crippen LogP contribution in [0.4, 0.5) is 0 Å². The van der Waals surface area contributed by atoms with E-state index in [4.69, 9.17) is 19.4 Å². The number of hydroxylamine groups is 1. The molecular formula is C39H51N3O7. The van der Waals surface area contributed by atoms with E-state index in [1.165, 1.54) is 0 Å². The molecule has 2 amide bonds. The van der Waals surface area contributed by atoms with Crippen molar-refractivity contribution in [2.75, 3.05) is 26.8 Å². The van der Waals surface area contributed by atoms with E-state index in [0.29, 0.717) is 31.8 Å². The van der Waals surface area contributed by atoms with Gasteiger partial charge in [0, 0.05) is 51.1 Å². The van der Waals surface area contributed by atoms with Crippen molar-refractivity contribution in [2.24, 2.45) is 0 Å². The van der Waals surface area contributed by atoms with Crippen LogP contribution in [0.2, 0.25) is 0 Å². The number of ether oxygens (including phenoxy) is 3. The number of hydrogen-bond donors (Lipinski definition) is 4. The molecule has 4 N–H and O–H groups in total. The summed E-state index contributed by atoms with van der Waals surface area (Å²) in [6.45, 7) is 3.06. The molecule has 0 aliphatic carbocycles. The molecule has 10 heteroatoms. The lowest BCUT2D eigenvalue weighted by Gasteiger charge is -2.38. The minimum atomic E-state index is -0.514. The smallest absolute Gasteiger partial charge is 0.243 e. The Labute approximate surface area is 289 Å². The lowest BCUT2D eigenvalue weighted by Crippen LogP contribution is -2.42. The first-order valence-electron chi connectivity index (χ1n) is 17.6. The summed E-state index contributed by atoms with van der Waals surface area (Å²) < 4.78 is 18.7. The maximum Gasteiger partial charge on any atom is 0.243 e. The fourth-order valence-electron chi connectivity index (χ4n) is 6.77. The zero-order valence-electron chi connectivity index (χ0n) is 28.5. The molecule has 3 aromatic carbocycles. The number of hydrogen-bond acceptors (Lipinski definition) is 8. The van der Waals surface area contributed by atoms with Gasteiger partial charge >= 0.3 is 0 Å². The zero-order chi connectivity index (χ0) is 34.4. The minimum absolute atomic E-state index is 0.00890. The van der Waals surface area contributed by atoms with E-state index >= 15 is 0 Å². The monoisotopic (exact) mass is 673 g/mol. The summed E-state index contributed by atoms with van der Waals surface area (Å²) in [5.41, 5.74) is 7.70. The van der Waals surface area contributed by atoms with Crippen LogP contribution in [0.1, 0.15) is 92.4 Å². The number of nitrogens with zero attached hydrogens (tertiary/aromatic N) is 1. The Hall–Kier alpha value is -3.64. The molecule has 10 nitrogen and oxygen atoms in total. The van der Waals surface area contributed by atoms with E-state index in [9.17, 15) is 14.7 Å². The molecule has 2 aliphatic heterocycles. The second-order valence-corrected chi connectivity index (χ2v) is 13.1. The molecular weight excluding hydrogens is 622 g/mol. The van der Waals surface area contributed by atoms with E-state index in [1.807, 2.05) is 36.4 Å². The highest BCUT2D eigenvalue weighted by Crippen LogP contribution is 2.39. The zero-order valence-corrected chi connectivity index (χ0v) is 28.5. The highest BCUT2D eigenvalue weighted by atomic mass is 16.7. The van der Waals surface area contributed by atoms with Crippen molar-refractivity contribution in [3.8, 4) is 11.1 Å². The first kappa shape index (κ1) is 36.6. The molecule has 0 radical (unpaired) electrons. The summed E-state index contributed by atoms with van der Waals surface area (Å²) in [5.74, 6) is -0.368. The summed E-state index contributed by atoms with van der Waals surface area (Å²) >= 11 is 0. The van der Waals surface area contributed by atoms with Gasteiger partial charge in [0.05, 0.1) is 25.4 Å². The number of carbonyl (C=O) groups is 2. The van der Waals surface area contributed by atoms with E-state index in [1.54, 1.807) is 12.6 Å². The Balaban J connectivity index is 1.19.